The molecule has 2 nitrogen and oxygen atoms in total. The van der Waals surface area contributed by atoms with E-state index in [2.05, 4.69) is 22.9 Å². The highest BCUT2D eigenvalue weighted by Crippen LogP contribution is 2.01. The van der Waals surface area contributed by atoms with Crippen molar-refractivity contribution < 1.29 is 4.84 Å². The lowest BCUT2D eigenvalue weighted by Gasteiger charge is -2.00. The van der Waals surface area contributed by atoms with Crippen molar-refractivity contribution in [1.29, 1.82) is 0 Å². The van der Waals surface area contributed by atoms with Gasteiger partial charge >= 0.3 is 0 Å². The Morgan fingerprint density at radius 1 is 1.50 bits per heavy atom. The Labute approximate surface area is 72.5 Å². The van der Waals surface area contributed by atoms with E-state index in [0.29, 0.717) is 0 Å². The highest BCUT2D eigenvalue weighted by atomic mass is 32.2. The van der Waals surface area contributed by atoms with E-state index in [1.54, 1.807) is 7.11 Å². The number of hydrogen-bond acceptors (Lipinski definition) is 4. The molecule has 1 N–H and O–H groups in total. The Morgan fingerprint density at radius 2 is 2.30 bits per heavy atom. The summed E-state index contributed by atoms with van der Waals surface area (Å²) in [6.07, 6.45) is 1.16. The number of hydrogen-bond donors (Lipinski definition) is 2. The van der Waals surface area contributed by atoms with Crippen molar-refractivity contribution in [2.45, 2.75) is 6.42 Å². The van der Waals surface area contributed by atoms with Gasteiger partial charge in [-0.05, 0) is 17.9 Å². The van der Waals surface area contributed by atoms with Crippen molar-refractivity contribution in [3.63, 3.8) is 0 Å². The third-order valence-corrected chi connectivity index (χ3v) is 2.54. The first kappa shape index (κ1) is 10.6. The quantitative estimate of drug-likeness (QED) is 0.350. The molecule has 0 atom stereocenters. The van der Waals surface area contributed by atoms with Gasteiger partial charge in [-0.25, -0.2) is 5.48 Å². The molecule has 0 aromatic rings. The fraction of sp³-hybridized carbons (Fsp3) is 1.00. The normalized spacial score (nSPS) is 10.2. The highest BCUT2D eigenvalue weighted by molar-refractivity contribution is 7.99. The SMILES string of the molecule is CONCCCSCCS. The summed E-state index contributed by atoms with van der Waals surface area (Å²) in [5, 5.41) is 0. The molecule has 0 saturated heterocycles. The van der Waals surface area contributed by atoms with E-state index in [9.17, 15) is 0 Å². The van der Waals surface area contributed by atoms with Crippen LogP contribution in [0.1, 0.15) is 6.42 Å². The van der Waals surface area contributed by atoms with E-state index in [4.69, 9.17) is 0 Å². The van der Waals surface area contributed by atoms with Gasteiger partial charge in [0.15, 0.2) is 0 Å². The van der Waals surface area contributed by atoms with Crippen molar-refractivity contribution in [1.82, 2.24) is 5.48 Å². The second kappa shape index (κ2) is 9.62. The van der Waals surface area contributed by atoms with Crippen LogP contribution in [-0.4, -0.2) is 30.9 Å². The third-order valence-electron chi connectivity index (χ3n) is 0.947. The topological polar surface area (TPSA) is 21.3 Å². The zero-order valence-corrected chi connectivity index (χ0v) is 8.01. The Morgan fingerprint density at radius 3 is 2.90 bits per heavy atom. The van der Waals surface area contributed by atoms with Gasteiger partial charge in [-0.1, -0.05) is 0 Å². The summed E-state index contributed by atoms with van der Waals surface area (Å²) >= 11 is 6.03. The van der Waals surface area contributed by atoms with Crippen molar-refractivity contribution >= 4 is 24.4 Å². The predicted octanol–water partition coefficient (Wildman–Crippen LogP) is 1.19. The molecule has 0 aromatic carbocycles. The molecule has 0 aromatic heterocycles. The molecule has 0 aliphatic rings. The minimum absolute atomic E-state index is 0.941. The summed E-state index contributed by atoms with van der Waals surface area (Å²) in [4.78, 5) is 4.67. The maximum atomic E-state index is 4.67. The number of hydroxylamine groups is 1. The molecule has 0 heterocycles. The smallest absolute Gasteiger partial charge is 0.0572 e. The average molecular weight is 181 g/mol. The number of rotatable bonds is 7. The first-order valence-corrected chi connectivity index (χ1v) is 5.15. The molecule has 0 amide bonds. The maximum absolute atomic E-state index is 4.67. The Hall–Kier alpha value is 0.620. The molecular formula is C6H15NOS2. The lowest BCUT2D eigenvalue weighted by atomic mass is 10.5. The number of thiol groups is 1. The second-order valence-electron chi connectivity index (χ2n) is 1.79. The second-order valence-corrected chi connectivity index (χ2v) is 3.46. The first-order chi connectivity index (χ1) is 4.91. The van der Waals surface area contributed by atoms with Gasteiger partial charge < -0.3 is 4.84 Å². The fourth-order valence-electron chi connectivity index (χ4n) is 0.515. The van der Waals surface area contributed by atoms with Crippen LogP contribution < -0.4 is 5.48 Å². The van der Waals surface area contributed by atoms with Crippen molar-refractivity contribution in [3.8, 4) is 0 Å². The molecular weight excluding hydrogens is 166 g/mol. The van der Waals surface area contributed by atoms with Gasteiger partial charge in [-0.3, -0.25) is 0 Å². The summed E-state index contributed by atoms with van der Waals surface area (Å²) in [5.74, 6) is 3.31. The van der Waals surface area contributed by atoms with Gasteiger partial charge in [0.05, 0.1) is 7.11 Å². The van der Waals surface area contributed by atoms with Crippen LogP contribution in [-0.2, 0) is 4.84 Å². The molecule has 0 fully saturated rings. The van der Waals surface area contributed by atoms with Crippen molar-refractivity contribution in [2.75, 3.05) is 30.9 Å². The van der Waals surface area contributed by atoms with E-state index in [-0.39, 0.29) is 0 Å². The van der Waals surface area contributed by atoms with E-state index >= 15 is 0 Å². The van der Waals surface area contributed by atoms with Crippen LogP contribution in [0.15, 0.2) is 0 Å². The van der Waals surface area contributed by atoms with Gasteiger partial charge in [0.1, 0.15) is 0 Å². The van der Waals surface area contributed by atoms with Crippen molar-refractivity contribution in [3.05, 3.63) is 0 Å². The standard InChI is InChI=1S/C6H15NOS2/c1-8-7-3-2-5-10-6-4-9/h7,9H,2-6H2,1H3. The first-order valence-electron chi connectivity index (χ1n) is 3.36. The van der Waals surface area contributed by atoms with Gasteiger partial charge in [-0.15, -0.1) is 0 Å². The molecule has 62 valence electrons. The molecule has 0 rings (SSSR count). The molecule has 0 bridgehead atoms. The summed E-state index contributed by atoms with van der Waals surface area (Å²) in [6, 6.07) is 0. The Bertz CT molecular complexity index is 55.7. The average Bonchev–Trinajstić information content (AvgIpc) is 1.97. The van der Waals surface area contributed by atoms with Crippen LogP contribution >= 0.6 is 24.4 Å². The monoisotopic (exact) mass is 181 g/mol. The zero-order valence-electron chi connectivity index (χ0n) is 6.30. The summed E-state index contributed by atoms with van der Waals surface area (Å²) in [5.41, 5.74) is 2.79. The van der Waals surface area contributed by atoms with Crippen LogP contribution in [0, 0.1) is 0 Å². The zero-order chi connectivity index (χ0) is 7.66. The molecule has 0 aliphatic heterocycles. The van der Waals surface area contributed by atoms with Crippen LogP contribution in [0.5, 0.6) is 0 Å². The van der Waals surface area contributed by atoms with Crippen LogP contribution in [0.4, 0.5) is 0 Å². The fourth-order valence-corrected chi connectivity index (χ4v) is 1.58. The largest absolute Gasteiger partial charge is 0.305 e. The van der Waals surface area contributed by atoms with Crippen LogP contribution in [0.3, 0.4) is 0 Å². The molecule has 0 radical (unpaired) electrons. The molecule has 0 aliphatic carbocycles. The highest BCUT2D eigenvalue weighted by Gasteiger charge is 1.87. The summed E-state index contributed by atoms with van der Waals surface area (Å²) < 4.78 is 0. The summed E-state index contributed by atoms with van der Waals surface area (Å²) in [6.45, 7) is 0.941. The van der Waals surface area contributed by atoms with Crippen molar-refractivity contribution in [2.24, 2.45) is 0 Å². The van der Waals surface area contributed by atoms with Gasteiger partial charge in [0.25, 0.3) is 0 Å². The lowest BCUT2D eigenvalue weighted by molar-refractivity contribution is 0.0922. The van der Waals surface area contributed by atoms with E-state index in [1.165, 1.54) is 5.75 Å². The van der Waals surface area contributed by atoms with E-state index < -0.39 is 0 Å². The molecule has 0 spiro atoms. The molecule has 4 heteroatoms. The van der Waals surface area contributed by atoms with Crippen LogP contribution in [0.25, 0.3) is 0 Å². The van der Waals surface area contributed by atoms with Gasteiger partial charge in [0, 0.05) is 12.3 Å². The lowest BCUT2D eigenvalue weighted by Crippen LogP contribution is -2.13. The van der Waals surface area contributed by atoms with E-state index in [1.807, 2.05) is 11.8 Å². The van der Waals surface area contributed by atoms with E-state index in [0.717, 1.165) is 24.5 Å². The summed E-state index contributed by atoms with van der Waals surface area (Å²) in [7, 11) is 1.64. The van der Waals surface area contributed by atoms with Gasteiger partial charge in [-0.2, -0.15) is 24.4 Å². The third kappa shape index (κ3) is 8.62. The Kier molecular flexibility index (Phi) is 10.2. The molecule has 0 unspecified atom stereocenters. The number of nitrogens with one attached hydrogen (secondary N) is 1. The minimum atomic E-state index is 0.941. The molecule has 0 saturated carbocycles. The number of thioether (sulfide) groups is 1. The van der Waals surface area contributed by atoms with Gasteiger partial charge in [0.2, 0.25) is 0 Å². The maximum Gasteiger partial charge on any atom is 0.0572 e. The minimum Gasteiger partial charge on any atom is -0.305 e. The van der Waals surface area contributed by atoms with Crippen LogP contribution in [0.2, 0.25) is 0 Å². The molecule has 10 heavy (non-hydrogen) atoms. The predicted molar refractivity (Wildman–Crippen MR) is 50.8 cm³/mol. The Balaban J connectivity index is 2.65.